The number of rotatable bonds is 6. The Hall–Kier alpha value is -2.78. The first-order chi connectivity index (χ1) is 14.1. The molecule has 2 heterocycles. The molecule has 0 fully saturated rings. The SMILES string of the molecule is Cc1ccc(C(=O)Nc2nc3c(s2)c(C(=O)NCCN(C)C)nn3C(C)(C)C)cc1. The van der Waals surface area contributed by atoms with Gasteiger partial charge < -0.3 is 10.2 Å². The Morgan fingerprint density at radius 3 is 2.40 bits per heavy atom. The molecule has 0 aliphatic heterocycles. The maximum atomic E-state index is 12.8. The quantitative estimate of drug-likeness (QED) is 0.629. The first kappa shape index (κ1) is 21.9. The van der Waals surface area contributed by atoms with Gasteiger partial charge in [0.1, 0.15) is 4.70 Å². The molecule has 9 heteroatoms. The Morgan fingerprint density at radius 2 is 1.80 bits per heavy atom. The second-order valence-electron chi connectivity index (χ2n) is 8.48. The van der Waals surface area contributed by atoms with Crippen molar-refractivity contribution in [2.45, 2.75) is 33.2 Å². The van der Waals surface area contributed by atoms with Crippen molar-refractivity contribution in [3.63, 3.8) is 0 Å². The van der Waals surface area contributed by atoms with Crippen LogP contribution in [0.2, 0.25) is 0 Å². The van der Waals surface area contributed by atoms with Gasteiger partial charge in [-0.3, -0.25) is 14.9 Å². The van der Waals surface area contributed by atoms with Crippen molar-refractivity contribution in [2.24, 2.45) is 0 Å². The molecule has 1 aromatic carbocycles. The number of carbonyl (C=O) groups excluding carboxylic acids is 2. The van der Waals surface area contributed by atoms with Gasteiger partial charge in [-0.2, -0.15) is 10.1 Å². The highest BCUT2D eigenvalue weighted by atomic mass is 32.1. The van der Waals surface area contributed by atoms with E-state index < -0.39 is 0 Å². The Kier molecular flexibility index (Phi) is 6.23. The molecule has 0 unspecified atom stereocenters. The Morgan fingerprint density at radius 1 is 1.13 bits per heavy atom. The fourth-order valence-electron chi connectivity index (χ4n) is 2.82. The lowest BCUT2D eigenvalue weighted by atomic mass is 10.1. The van der Waals surface area contributed by atoms with Crippen LogP contribution < -0.4 is 10.6 Å². The predicted octanol–water partition coefficient (Wildman–Crippen LogP) is 3.10. The number of fused-ring (bicyclic) bond motifs is 1. The van der Waals surface area contributed by atoms with Crippen LogP contribution in [0.3, 0.4) is 0 Å². The van der Waals surface area contributed by atoms with Gasteiger partial charge in [0.15, 0.2) is 16.5 Å². The first-order valence-electron chi connectivity index (χ1n) is 9.77. The van der Waals surface area contributed by atoms with Crippen LogP contribution in [0, 0.1) is 6.92 Å². The summed E-state index contributed by atoms with van der Waals surface area (Å²) >= 11 is 1.26. The Bertz CT molecular complexity index is 1060. The Labute approximate surface area is 180 Å². The van der Waals surface area contributed by atoms with E-state index in [0.717, 1.165) is 12.1 Å². The molecule has 160 valence electrons. The molecular weight excluding hydrogens is 400 g/mol. The molecule has 0 saturated carbocycles. The number of thiazole rings is 1. The van der Waals surface area contributed by atoms with E-state index in [1.165, 1.54) is 11.3 Å². The van der Waals surface area contributed by atoms with Gasteiger partial charge in [-0.1, -0.05) is 29.0 Å². The standard InChI is InChI=1S/C21H28N6O2S/c1-13-7-9-14(10-8-13)18(28)24-20-23-17-16(30-20)15(25-27(17)21(2,3)4)19(29)22-11-12-26(5)6/h7-10H,11-12H2,1-6H3,(H,22,29)(H,23,24,28). The number of hydrogen-bond acceptors (Lipinski definition) is 6. The van der Waals surface area contributed by atoms with Gasteiger partial charge in [0, 0.05) is 18.7 Å². The van der Waals surface area contributed by atoms with Gasteiger partial charge in [-0.15, -0.1) is 0 Å². The summed E-state index contributed by atoms with van der Waals surface area (Å²) in [6, 6.07) is 7.33. The smallest absolute Gasteiger partial charge is 0.273 e. The average molecular weight is 429 g/mol. The Balaban J connectivity index is 1.91. The van der Waals surface area contributed by atoms with E-state index in [1.54, 1.807) is 16.8 Å². The highest BCUT2D eigenvalue weighted by Gasteiger charge is 2.27. The number of nitrogens with one attached hydrogen (secondary N) is 2. The molecular formula is C21H28N6O2S. The van der Waals surface area contributed by atoms with Crippen molar-refractivity contribution in [3.8, 4) is 0 Å². The zero-order chi connectivity index (χ0) is 22.1. The van der Waals surface area contributed by atoms with Gasteiger partial charge in [-0.25, -0.2) is 4.68 Å². The summed E-state index contributed by atoms with van der Waals surface area (Å²) in [6.45, 7) is 9.21. The van der Waals surface area contributed by atoms with Crippen molar-refractivity contribution >= 4 is 38.6 Å². The van der Waals surface area contributed by atoms with Gasteiger partial charge in [0.2, 0.25) is 0 Å². The maximum Gasteiger partial charge on any atom is 0.273 e. The van der Waals surface area contributed by atoms with Crippen molar-refractivity contribution in [1.82, 2.24) is 25.0 Å². The minimum Gasteiger partial charge on any atom is -0.349 e. The molecule has 8 nitrogen and oxygen atoms in total. The molecule has 0 aliphatic carbocycles. The number of aromatic nitrogens is 3. The zero-order valence-corrected chi connectivity index (χ0v) is 19.1. The minimum absolute atomic E-state index is 0.237. The largest absolute Gasteiger partial charge is 0.349 e. The van der Waals surface area contributed by atoms with Crippen molar-refractivity contribution in [2.75, 3.05) is 32.5 Å². The van der Waals surface area contributed by atoms with Crippen LogP contribution in [-0.4, -0.2) is 58.7 Å². The number of anilines is 1. The normalized spacial score (nSPS) is 11.8. The molecule has 0 atom stereocenters. The highest BCUT2D eigenvalue weighted by molar-refractivity contribution is 7.22. The summed E-state index contributed by atoms with van der Waals surface area (Å²) in [5, 5.41) is 10.7. The molecule has 3 aromatic rings. The number of carbonyl (C=O) groups is 2. The third kappa shape index (κ3) is 4.85. The van der Waals surface area contributed by atoms with Crippen LogP contribution in [-0.2, 0) is 5.54 Å². The van der Waals surface area contributed by atoms with Crippen LogP contribution in [0.15, 0.2) is 24.3 Å². The highest BCUT2D eigenvalue weighted by Crippen LogP contribution is 2.32. The number of nitrogens with zero attached hydrogens (tertiary/aromatic N) is 4. The van der Waals surface area contributed by atoms with Crippen molar-refractivity contribution < 1.29 is 9.59 Å². The molecule has 2 N–H and O–H groups in total. The first-order valence-corrected chi connectivity index (χ1v) is 10.6. The van der Waals surface area contributed by atoms with Crippen LogP contribution >= 0.6 is 11.3 Å². The third-order valence-electron chi connectivity index (χ3n) is 4.45. The van der Waals surface area contributed by atoms with E-state index in [1.807, 2.05) is 58.8 Å². The summed E-state index contributed by atoms with van der Waals surface area (Å²) in [6.07, 6.45) is 0. The summed E-state index contributed by atoms with van der Waals surface area (Å²) < 4.78 is 2.40. The van der Waals surface area contributed by atoms with Crippen molar-refractivity contribution in [1.29, 1.82) is 0 Å². The molecule has 0 spiro atoms. The third-order valence-corrected chi connectivity index (χ3v) is 5.42. The molecule has 0 radical (unpaired) electrons. The number of hydrogen-bond donors (Lipinski definition) is 2. The number of aryl methyl sites for hydroxylation is 1. The van der Waals surface area contributed by atoms with E-state index in [9.17, 15) is 9.59 Å². The van der Waals surface area contributed by atoms with Crippen LogP contribution in [0.1, 0.15) is 47.2 Å². The molecule has 0 bridgehead atoms. The topological polar surface area (TPSA) is 92.2 Å². The second-order valence-corrected chi connectivity index (χ2v) is 9.48. The summed E-state index contributed by atoms with van der Waals surface area (Å²) in [7, 11) is 3.90. The number of likely N-dealkylation sites (N-methyl/N-ethyl adjacent to an activating group) is 1. The van der Waals surface area contributed by atoms with Crippen molar-refractivity contribution in [3.05, 3.63) is 41.1 Å². The fraction of sp³-hybridized carbons (Fsp3) is 0.429. The summed E-state index contributed by atoms with van der Waals surface area (Å²) in [4.78, 5) is 31.9. The van der Waals surface area contributed by atoms with Crippen LogP contribution in [0.4, 0.5) is 5.13 Å². The lowest BCUT2D eigenvalue weighted by Crippen LogP contribution is -2.32. The van der Waals surface area contributed by atoms with E-state index in [2.05, 4.69) is 20.7 Å². The minimum atomic E-state index is -0.368. The molecule has 0 aliphatic rings. The van der Waals surface area contributed by atoms with Crippen LogP contribution in [0.5, 0.6) is 0 Å². The second kappa shape index (κ2) is 8.53. The van der Waals surface area contributed by atoms with E-state index in [4.69, 9.17) is 0 Å². The van der Waals surface area contributed by atoms with Gasteiger partial charge in [0.25, 0.3) is 11.8 Å². The maximum absolute atomic E-state index is 12.8. The lowest BCUT2D eigenvalue weighted by molar-refractivity contribution is 0.0945. The lowest BCUT2D eigenvalue weighted by Gasteiger charge is -2.19. The van der Waals surface area contributed by atoms with Gasteiger partial charge in [0.05, 0.1) is 5.54 Å². The number of amides is 2. The van der Waals surface area contributed by atoms with Gasteiger partial charge in [-0.05, 0) is 53.9 Å². The summed E-state index contributed by atoms with van der Waals surface area (Å²) in [5.74, 6) is -0.483. The predicted molar refractivity (Wildman–Crippen MR) is 120 cm³/mol. The zero-order valence-electron chi connectivity index (χ0n) is 18.2. The molecule has 2 amide bonds. The summed E-state index contributed by atoms with van der Waals surface area (Å²) in [5.41, 5.74) is 2.18. The molecule has 2 aromatic heterocycles. The van der Waals surface area contributed by atoms with Gasteiger partial charge >= 0.3 is 0 Å². The molecule has 30 heavy (non-hydrogen) atoms. The molecule has 0 saturated heterocycles. The molecule has 3 rings (SSSR count). The number of benzene rings is 1. The van der Waals surface area contributed by atoms with Crippen LogP contribution in [0.25, 0.3) is 10.3 Å². The monoisotopic (exact) mass is 428 g/mol. The average Bonchev–Trinajstić information content (AvgIpc) is 3.19. The van der Waals surface area contributed by atoms with E-state index >= 15 is 0 Å². The fourth-order valence-corrected chi connectivity index (χ4v) is 3.75. The van der Waals surface area contributed by atoms with E-state index in [0.29, 0.717) is 33.3 Å². The van der Waals surface area contributed by atoms with E-state index in [-0.39, 0.29) is 17.4 Å².